The van der Waals surface area contributed by atoms with Gasteiger partial charge in [-0.3, -0.25) is 4.79 Å². The highest BCUT2D eigenvalue weighted by molar-refractivity contribution is 5.92. The minimum Gasteiger partial charge on any atom is -0.493 e. The van der Waals surface area contributed by atoms with Gasteiger partial charge in [-0.15, -0.1) is 0 Å². The topological polar surface area (TPSA) is 47.6 Å². The summed E-state index contributed by atoms with van der Waals surface area (Å²) < 4.78 is 24.5. The Morgan fingerprint density at radius 1 is 1.21 bits per heavy atom. The molecule has 0 heterocycles. The Morgan fingerprint density at radius 3 is 2.67 bits per heavy atom. The standard InChI is InChI=1S/C19H20FNO3/c1-4-5-14-7-9-17(18(11-14)23-3)24-12-19(22)21-16-8-6-13(2)10-15(16)20/h4-11H,12H2,1-3H3,(H,21,22). The van der Waals surface area contributed by atoms with Crippen LogP contribution in [0.4, 0.5) is 10.1 Å². The number of benzene rings is 2. The Morgan fingerprint density at radius 2 is 2.00 bits per heavy atom. The highest BCUT2D eigenvalue weighted by Crippen LogP contribution is 2.28. The summed E-state index contributed by atoms with van der Waals surface area (Å²) in [5, 5.41) is 2.49. The van der Waals surface area contributed by atoms with Crippen molar-refractivity contribution in [3.8, 4) is 11.5 Å². The maximum Gasteiger partial charge on any atom is 0.262 e. The molecule has 1 amide bonds. The van der Waals surface area contributed by atoms with E-state index in [4.69, 9.17) is 9.47 Å². The molecule has 0 aliphatic carbocycles. The second-order valence-corrected chi connectivity index (χ2v) is 5.23. The zero-order valence-corrected chi connectivity index (χ0v) is 13.9. The lowest BCUT2D eigenvalue weighted by molar-refractivity contribution is -0.118. The molecule has 24 heavy (non-hydrogen) atoms. The minimum atomic E-state index is -0.475. The van der Waals surface area contributed by atoms with Gasteiger partial charge < -0.3 is 14.8 Å². The highest BCUT2D eigenvalue weighted by atomic mass is 19.1. The summed E-state index contributed by atoms with van der Waals surface area (Å²) in [5.74, 6) is 0.0548. The van der Waals surface area contributed by atoms with Gasteiger partial charge in [-0.2, -0.15) is 0 Å². The van der Waals surface area contributed by atoms with E-state index in [0.717, 1.165) is 11.1 Å². The number of nitrogens with one attached hydrogen (secondary N) is 1. The summed E-state index contributed by atoms with van der Waals surface area (Å²) in [6.45, 7) is 3.46. The van der Waals surface area contributed by atoms with Crippen molar-refractivity contribution < 1.29 is 18.7 Å². The normalized spacial score (nSPS) is 10.7. The van der Waals surface area contributed by atoms with Crippen LogP contribution in [0.3, 0.4) is 0 Å². The van der Waals surface area contributed by atoms with Gasteiger partial charge in [0.25, 0.3) is 5.91 Å². The number of allylic oxidation sites excluding steroid dienone is 1. The summed E-state index contributed by atoms with van der Waals surface area (Å²) in [6.07, 6.45) is 3.85. The third-order valence-electron chi connectivity index (χ3n) is 3.30. The quantitative estimate of drug-likeness (QED) is 0.864. The van der Waals surface area contributed by atoms with Gasteiger partial charge in [0.15, 0.2) is 18.1 Å². The van der Waals surface area contributed by atoms with Crippen LogP contribution in [-0.2, 0) is 4.79 Å². The second-order valence-electron chi connectivity index (χ2n) is 5.23. The number of anilines is 1. The monoisotopic (exact) mass is 329 g/mol. The van der Waals surface area contributed by atoms with Crippen LogP contribution in [0.25, 0.3) is 6.08 Å². The van der Waals surface area contributed by atoms with Crippen LogP contribution in [0, 0.1) is 12.7 Å². The van der Waals surface area contributed by atoms with Gasteiger partial charge in [0.2, 0.25) is 0 Å². The molecule has 0 aliphatic heterocycles. The fraction of sp³-hybridized carbons (Fsp3) is 0.211. The number of ether oxygens (including phenoxy) is 2. The maximum atomic E-state index is 13.7. The Kier molecular flexibility index (Phi) is 5.95. The average molecular weight is 329 g/mol. The van der Waals surface area contributed by atoms with Crippen LogP contribution in [0.1, 0.15) is 18.1 Å². The molecule has 0 aromatic heterocycles. The lowest BCUT2D eigenvalue weighted by atomic mass is 10.2. The Labute approximate surface area is 140 Å². The van der Waals surface area contributed by atoms with Gasteiger partial charge in [-0.25, -0.2) is 4.39 Å². The molecule has 2 aromatic carbocycles. The molecule has 0 fully saturated rings. The SMILES string of the molecule is CC=Cc1ccc(OCC(=O)Nc2ccc(C)cc2F)c(OC)c1. The Bertz CT molecular complexity index is 756. The molecule has 0 bridgehead atoms. The Hall–Kier alpha value is -2.82. The zero-order valence-electron chi connectivity index (χ0n) is 13.9. The molecule has 2 aromatic rings. The van der Waals surface area contributed by atoms with E-state index in [1.54, 1.807) is 19.1 Å². The van der Waals surface area contributed by atoms with Crippen molar-refractivity contribution in [3.63, 3.8) is 0 Å². The van der Waals surface area contributed by atoms with Crippen LogP contribution in [0.2, 0.25) is 0 Å². The third kappa shape index (κ3) is 4.59. The number of hydrogen-bond acceptors (Lipinski definition) is 3. The van der Waals surface area contributed by atoms with E-state index in [-0.39, 0.29) is 12.3 Å². The van der Waals surface area contributed by atoms with Crippen molar-refractivity contribution in [2.45, 2.75) is 13.8 Å². The van der Waals surface area contributed by atoms with Gasteiger partial charge in [-0.1, -0.05) is 24.3 Å². The third-order valence-corrected chi connectivity index (χ3v) is 3.30. The molecular formula is C19H20FNO3. The molecule has 0 spiro atoms. The average Bonchev–Trinajstić information content (AvgIpc) is 2.56. The van der Waals surface area contributed by atoms with E-state index < -0.39 is 11.7 Å². The van der Waals surface area contributed by atoms with E-state index in [9.17, 15) is 9.18 Å². The van der Waals surface area contributed by atoms with Gasteiger partial charge in [0.05, 0.1) is 12.8 Å². The number of carbonyl (C=O) groups excluding carboxylic acids is 1. The predicted octanol–water partition coefficient (Wildman–Crippen LogP) is 4.19. The predicted molar refractivity (Wildman–Crippen MR) is 93.0 cm³/mol. The molecule has 0 atom stereocenters. The van der Waals surface area contributed by atoms with E-state index in [0.29, 0.717) is 11.5 Å². The first-order chi connectivity index (χ1) is 11.5. The number of amides is 1. The summed E-state index contributed by atoms with van der Waals surface area (Å²) >= 11 is 0. The van der Waals surface area contributed by atoms with E-state index in [1.807, 2.05) is 31.2 Å². The number of aryl methyl sites for hydroxylation is 1. The van der Waals surface area contributed by atoms with Gasteiger partial charge in [0, 0.05) is 0 Å². The molecule has 0 unspecified atom stereocenters. The van der Waals surface area contributed by atoms with Gasteiger partial charge in [-0.05, 0) is 49.2 Å². The molecule has 0 saturated carbocycles. The molecule has 1 N–H and O–H groups in total. The van der Waals surface area contributed by atoms with Crippen molar-refractivity contribution in [1.82, 2.24) is 0 Å². The van der Waals surface area contributed by atoms with Crippen LogP contribution in [0.15, 0.2) is 42.5 Å². The van der Waals surface area contributed by atoms with Crippen molar-refractivity contribution in [3.05, 3.63) is 59.4 Å². The summed E-state index contributed by atoms with van der Waals surface area (Å²) in [4.78, 5) is 11.9. The summed E-state index contributed by atoms with van der Waals surface area (Å²) in [6, 6.07) is 10.0. The van der Waals surface area contributed by atoms with Crippen molar-refractivity contribution >= 4 is 17.7 Å². The van der Waals surface area contributed by atoms with Gasteiger partial charge >= 0.3 is 0 Å². The molecule has 0 saturated heterocycles. The van der Waals surface area contributed by atoms with Crippen LogP contribution < -0.4 is 14.8 Å². The summed E-state index contributed by atoms with van der Waals surface area (Å²) in [5.41, 5.74) is 1.88. The molecule has 126 valence electrons. The molecular weight excluding hydrogens is 309 g/mol. The smallest absolute Gasteiger partial charge is 0.262 e. The number of methoxy groups -OCH3 is 1. The molecule has 0 aliphatic rings. The lowest BCUT2D eigenvalue weighted by Gasteiger charge is -2.12. The van der Waals surface area contributed by atoms with E-state index >= 15 is 0 Å². The Balaban J connectivity index is 2.01. The van der Waals surface area contributed by atoms with Crippen molar-refractivity contribution in [2.24, 2.45) is 0 Å². The fourth-order valence-electron chi connectivity index (χ4n) is 2.15. The highest BCUT2D eigenvalue weighted by Gasteiger charge is 2.10. The number of halogens is 1. The molecule has 5 heteroatoms. The van der Waals surface area contributed by atoms with Crippen LogP contribution >= 0.6 is 0 Å². The molecule has 4 nitrogen and oxygen atoms in total. The maximum absolute atomic E-state index is 13.7. The second kappa shape index (κ2) is 8.15. The number of rotatable bonds is 6. The fourth-order valence-corrected chi connectivity index (χ4v) is 2.15. The number of hydrogen-bond donors (Lipinski definition) is 1. The minimum absolute atomic E-state index is 0.129. The lowest BCUT2D eigenvalue weighted by Crippen LogP contribution is -2.21. The van der Waals surface area contributed by atoms with Crippen LogP contribution in [0.5, 0.6) is 11.5 Å². The van der Waals surface area contributed by atoms with Crippen molar-refractivity contribution in [2.75, 3.05) is 19.0 Å². The summed E-state index contributed by atoms with van der Waals surface area (Å²) in [7, 11) is 1.53. The first-order valence-electron chi connectivity index (χ1n) is 7.53. The number of carbonyl (C=O) groups is 1. The zero-order chi connectivity index (χ0) is 17.5. The largest absolute Gasteiger partial charge is 0.493 e. The van der Waals surface area contributed by atoms with Crippen molar-refractivity contribution in [1.29, 1.82) is 0 Å². The first-order valence-corrected chi connectivity index (χ1v) is 7.53. The van der Waals surface area contributed by atoms with E-state index in [2.05, 4.69) is 5.32 Å². The first kappa shape index (κ1) is 17.5. The van der Waals surface area contributed by atoms with Gasteiger partial charge in [0.1, 0.15) is 5.82 Å². The molecule has 0 radical (unpaired) electrons. The van der Waals surface area contributed by atoms with Crippen LogP contribution in [-0.4, -0.2) is 19.6 Å². The molecule has 2 rings (SSSR count). The van der Waals surface area contributed by atoms with E-state index in [1.165, 1.54) is 19.2 Å².